The third-order valence-electron chi connectivity index (χ3n) is 3.76. The molecule has 0 spiro atoms. The first-order valence-electron chi connectivity index (χ1n) is 7.61. The minimum Gasteiger partial charge on any atom is -0.354 e. The van der Waals surface area contributed by atoms with Crippen LogP contribution in [0.4, 0.5) is 5.95 Å². The number of amides is 1. The Labute approximate surface area is 126 Å². The molecule has 1 N–H and O–H groups in total. The van der Waals surface area contributed by atoms with Crippen LogP contribution >= 0.6 is 0 Å². The third-order valence-corrected chi connectivity index (χ3v) is 3.76. The summed E-state index contributed by atoms with van der Waals surface area (Å²) in [6.07, 6.45) is 3.52. The van der Waals surface area contributed by atoms with E-state index in [-0.39, 0.29) is 11.9 Å². The summed E-state index contributed by atoms with van der Waals surface area (Å²) < 4.78 is 0. The van der Waals surface area contributed by atoms with Crippen LogP contribution in [0, 0.1) is 5.92 Å². The van der Waals surface area contributed by atoms with Crippen molar-refractivity contribution in [2.24, 2.45) is 5.92 Å². The zero-order valence-electron chi connectivity index (χ0n) is 13.1. The van der Waals surface area contributed by atoms with Gasteiger partial charge in [0, 0.05) is 45.1 Å². The fourth-order valence-electron chi connectivity index (χ4n) is 2.38. The minimum absolute atomic E-state index is 0.0809. The van der Waals surface area contributed by atoms with E-state index in [4.69, 9.17) is 0 Å². The number of nitrogens with one attached hydrogen (secondary N) is 1. The van der Waals surface area contributed by atoms with Gasteiger partial charge in [-0.3, -0.25) is 9.69 Å². The molecule has 0 unspecified atom stereocenters. The first-order chi connectivity index (χ1) is 10.1. The molecule has 0 saturated carbocycles. The second-order valence-corrected chi connectivity index (χ2v) is 5.89. The number of hydrogen-bond acceptors (Lipinski definition) is 5. The van der Waals surface area contributed by atoms with Crippen molar-refractivity contribution in [2.75, 3.05) is 37.6 Å². The zero-order chi connectivity index (χ0) is 15.2. The topological polar surface area (TPSA) is 61.4 Å². The highest BCUT2D eigenvalue weighted by atomic mass is 16.2. The molecule has 2 rings (SSSR count). The van der Waals surface area contributed by atoms with Crippen molar-refractivity contribution in [3.8, 4) is 0 Å². The molecule has 1 fully saturated rings. The van der Waals surface area contributed by atoms with E-state index < -0.39 is 0 Å². The predicted molar refractivity (Wildman–Crippen MR) is 83.1 cm³/mol. The van der Waals surface area contributed by atoms with E-state index in [0.717, 1.165) is 38.7 Å². The van der Waals surface area contributed by atoms with Crippen molar-refractivity contribution in [1.82, 2.24) is 20.2 Å². The monoisotopic (exact) mass is 291 g/mol. The van der Waals surface area contributed by atoms with Crippen LogP contribution in [-0.4, -0.2) is 59.5 Å². The summed E-state index contributed by atoms with van der Waals surface area (Å²) >= 11 is 0. The lowest BCUT2D eigenvalue weighted by Gasteiger charge is -2.37. The van der Waals surface area contributed by atoms with E-state index in [1.807, 2.05) is 13.0 Å². The summed E-state index contributed by atoms with van der Waals surface area (Å²) in [4.78, 5) is 25.0. The van der Waals surface area contributed by atoms with E-state index in [1.54, 1.807) is 12.4 Å². The van der Waals surface area contributed by atoms with E-state index in [9.17, 15) is 4.79 Å². The number of carbonyl (C=O) groups excluding carboxylic acids is 1. The lowest BCUT2D eigenvalue weighted by molar-refractivity contribution is -0.126. The maximum Gasteiger partial charge on any atom is 0.237 e. The molecule has 1 aliphatic rings. The maximum absolute atomic E-state index is 12.1. The summed E-state index contributed by atoms with van der Waals surface area (Å²) in [6, 6.07) is 1.74. The molecular weight excluding hydrogens is 266 g/mol. The van der Waals surface area contributed by atoms with Crippen LogP contribution in [0.5, 0.6) is 0 Å². The summed E-state index contributed by atoms with van der Waals surface area (Å²) in [6.45, 7) is 10.3. The van der Waals surface area contributed by atoms with Crippen LogP contribution in [0.25, 0.3) is 0 Å². The molecular formula is C15H25N5O. The van der Waals surface area contributed by atoms with E-state index >= 15 is 0 Å². The van der Waals surface area contributed by atoms with Crippen molar-refractivity contribution in [1.29, 1.82) is 0 Å². The van der Waals surface area contributed by atoms with Gasteiger partial charge in [0.15, 0.2) is 0 Å². The van der Waals surface area contributed by atoms with Gasteiger partial charge in [-0.05, 0) is 18.9 Å². The number of hydrogen-bond donors (Lipinski definition) is 1. The van der Waals surface area contributed by atoms with Crippen LogP contribution in [0.15, 0.2) is 18.5 Å². The average Bonchev–Trinajstić information content (AvgIpc) is 2.53. The second-order valence-electron chi connectivity index (χ2n) is 5.89. The Bertz CT molecular complexity index is 443. The summed E-state index contributed by atoms with van der Waals surface area (Å²) in [5.74, 6) is 1.37. The zero-order valence-corrected chi connectivity index (χ0v) is 13.1. The summed E-state index contributed by atoms with van der Waals surface area (Å²) in [5, 5.41) is 3.00. The molecule has 1 aromatic rings. The molecule has 0 aromatic carbocycles. The molecule has 0 radical (unpaired) electrons. The third kappa shape index (κ3) is 4.39. The first-order valence-corrected chi connectivity index (χ1v) is 7.61. The first kappa shape index (κ1) is 15.7. The number of nitrogens with zero attached hydrogens (tertiary/aromatic N) is 4. The van der Waals surface area contributed by atoms with Crippen LogP contribution in [0.2, 0.25) is 0 Å². The van der Waals surface area contributed by atoms with Gasteiger partial charge in [-0.1, -0.05) is 13.8 Å². The molecule has 6 heteroatoms. The molecule has 1 saturated heterocycles. The molecule has 6 nitrogen and oxygen atoms in total. The van der Waals surface area contributed by atoms with Gasteiger partial charge < -0.3 is 10.2 Å². The molecule has 1 aromatic heterocycles. The van der Waals surface area contributed by atoms with Crippen molar-refractivity contribution >= 4 is 11.9 Å². The normalized spacial score (nSPS) is 17.8. The fraction of sp³-hybridized carbons (Fsp3) is 0.667. The Balaban J connectivity index is 1.82. The molecule has 21 heavy (non-hydrogen) atoms. The van der Waals surface area contributed by atoms with Crippen molar-refractivity contribution < 1.29 is 4.79 Å². The maximum atomic E-state index is 12.1. The van der Waals surface area contributed by atoms with Crippen molar-refractivity contribution in [3.63, 3.8) is 0 Å². The number of rotatable bonds is 5. The van der Waals surface area contributed by atoms with Gasteiger partial charge in [0.05, 0.1) is 6.04 Å². The Morgan fingerprint density at radius 2 is 1.81 bits per heavy atom. The minimum atomic E-state index is -0.0809. The summed E-state index contributed by atoms with van der Waals surface area (Å²) in [5.41, 5.74) is 0. The number of carbonyl (C=O) groups is 1. The van der Waals surface area contributed by atoms with Gasteiger partial charge in [0.25, 0.3) is 0 Å². The molecule has 0 bridgehead atoms. The van der Waals surface area contributed by atoms with Crippen molar-refractivity contribution in [2.45, 2.75) is 26.8 Å². The number of piperazine rings is 1. The molecule has 1 atom stereocenters. The van der Waals surface area contributed by atoms with Crippen LogP contribution in [-0.2, 0) is 4.79 Å². The van der Waals surface area contributed by atoms with Crippen LogP contribution in [0.3, 0.4) is 0 Å². The molecule has 1 aliphatic heterocycles. The highest BCUT2D eigenvalue weighted by Gasteiger charge is 2.26. The lowest BCUT2D eigenvalue weighted by atomic mass is 10.2. The van der Waals surface area contributed by atoms with Gasteiger partial charge in [0.1, 0.15) is 0 Å². The van der Waals surface area contributed by atoms with Crippen LogP contribution in [0.1, 0.15) is 20.8 Å². The molecule has 2 heterocycles. The lowest BCUT2D eigenvalue weighted by Crippen LogP contribution is -2.54. The second kappa shape index (κ2) is 7.36. The fourth-order valence-corrected chi connectivity index (χ4v) is 2.38. The Kier molecular flexibility index (Phi) is 5.50. The number of anilines is 1. The molecule has 116 valence electrons. The van der Waals surface area contributed by atoms with Crippen LogP contribution < -0.4 is 10.2 Å². The van der Waals surface area contributed by atoms with Gasteiger partial charge in [-0.2, -0.15) is 0 Å². The van der Waals surface area contributed by atoms with E-state index in [1.165, 1.54) is 0 Å². The Morgan fingerprint density at radius 3 is 2.38 bits per heavy atom. The van der Waals surface area contributed by atoms with Gasteiger partial charge in [-0.25, -0.2) is 9.97 Å². The highest BCUT2D eigenvalue weighted by molar-refractivity contribution is 5.81. The quantitative estimate of drug-likeness (QED) is 0.868. The van der Waals surface area contributed by atoms with E-state index in [2.05, 4.69) is 38.9 Å². The van der Waals surface area contributed by atoms with Gasteiger partial charge >= 0.3 is 0 Å². The largest absolute Gasteiger partial charge is 0.354 e. The predicted octanol–water partition coefficient (Wildman–Crippen LogP) is 0.759. The van der Waals surface area contributed by atoms with Gasteiger partial charge in [0.2, 0.25) is 11.9 Å². The SMILES string of the molecule is CC(C)CNC(=O)[C@H](C)N1CCN(c2ncccn2)CC1. The Morgan fingerprint density at radius 1 is 1.19 bits per heavy atom. The summed E-state index contributed by atoms with van der Waals surface area (Å²) in [7, 11) is 0. The average molecular weight is 291 g/mol. The molecule has 1 amide bonds. The Hall–Kier alpha value is -1.69. The van der Waals surface area contributed by atoms with E-state index in [0.29, 0.717) is 5.92 Å². The van der Waals surface area contributed by atoms with Crippen molar-refractivity contribution in [3.05, 3.63) is 18.5 Å². The standard InChI is InChI=1S/C15H25N5O/c1-12(2)11-18-14(21)13(3)19-7-9-20(10-8-19)15-16-5-4-6-17-15/h4-6,12-13H,7-11H2,1-3H3,(H,18,21)/t13-/m0/s1. The smallest absolute Gasteiger partial charge is 0.237 e. The molecule has 0 aliphatic carbocycles. The highest BCUT2D eigenvalue weighted by Crippen LogP contribution is 2.11. The van der Waals surface area contributed by atoms with Gasteiger partial charge in [-0.15, -0.1) is 0 Å². The number of aromatic nitrogens is 2.